The minimum absolute atomic E-state index is 0.648. The van der Waals surface area contributed by atoms with E-state index in [9.17, 15) is 0 Å². The standard InChI is InChI=1S/C23H39N5/c1-4-26(5-2)16-11-19-28-22-13-8-7-12-21(22)23(25-28)24-15-14-20(3)27-17-9-6-10-18-27/h7-8,12-13,20H,4-6,9-11,14-19H2,1-3H3,(H,24,25). The van der Waals surface area contributed by atoms with Gasteiger partial charge in [-0.3, -0.25) is 4.68 Å². The zero-order valence-electron chi connectivity index (χ0n) is 18.2. The van der Waals surface area contributed by atoms with Crippen molar-refractivity contribution in [2.45, 2.75) is 65.5 Å². The number of aromatic nitrogens is 2. The van der Waals surface area contributed by atoms with E-state index in [4.69, 9.17) is 5.10 Å². The van der Waals surface area contributed by atoms with Crippen LogP contribution in [0.25, 0.3) is 10.9 Å². The molecule has 0 bridgehead atoms. The Labute approximate surface area is 171 Å². The minimum Gasteiger partial charge on any atom is -0.368 e. The van der Waals surface area contributed by atoms with Crippen molar-refractivity contribution in [2.24, 2.45) is 0 Å². The number of para-hydroxylation sites is 1. The van der Waals surface area contributed by atoms with E-state index in [1.807, 2.05) is 0 Å². The molecule has 0 amide bonds. The number of nitrogens with one attached hydrogen (secondary N) is 1. The maximum absolute atomic E-state index is 4.92. The van der Waals surface area contributed by atoms with Gasteiger partial charge in [0.2, 0.25) is 0 Å². The number of anilines is 1. The molecule has 1 aromatic carbocycles. The lowest BCUT2D eigenvalue weighted by Crippen LogP contribution is -2.38. The van der Waals surface area contributed by atoms with Crippen LogP contribution in [0.15, 0.2) is 24.3 Å². The summed E-state index contributed by atoms with van der Waals surface area (Å²) in [6, 6.07) is 9.27. The van der Waals surface area contributed by atoms with Gasteiger partial charge in [0.05, 0.1) is 5.52 Å². The Hall–Kier alpha value is -1.59. The summed E-state index contributed by atoms with van der Waals surface area (Å²) in [5, 5.41) is 9.80. The van der Waals surface area contributed by atoms with Crippen molar-refractivity contribution in [2.75, 3.05) is 44.6 Å². The van der Waals surface area contributed by atoms with Crippen LogP contribution in [0.5, 0.6) is 0 Å². The zero-order valence-corrected chi connectivity index (χ0v) is 18.2. The SMILES string of the molecule is CCN(CC)CCCn1nc(NCCC(C)N2CCCCC2)c2ccccc21. The van der Waals surface area contributed by atoms with Crippen LogP contribution < -0.4 is 5.32 Å². The van der Waals surface area contributed by atoms with Gasteiger partial charge in [0.15, 0.2) is 5.82 Å². The smallest absolute Gasteiger partial charge is 0.155 e. The normalized spacial score (nSPS) is 16.7. The largest absolute Gasteiger partial charge is 0.368 e. The first-order chi connectivity index (χ1) is 13.7. The Bertz CT molecular complexity index is 700. The second-order valence-corrected chi connectivity index (χ2v) is 8.13. The Kier molecular flexibility index (Phi) is 8.16. The van der Waals surface area contributed by atoms with Gasteiger partial charge in [-0.1, -0.05) is 32.4 Å². The van der Waals surface area contributed by atoms with Crippen LogP contribution >= 0.6 is 0 Å². The van der Waals surface area contributed by atoms with E-state index in [2.05, 4.69) is 64.8 Å². The molecule has 1 saturated heterocycles. The van der Waals surface area contributed by atoms with Crippen LogP contribution in [0.3, 0.4) is 0 Å². The van der Waals surface area contributed by atoms with Gasteiger partial charge in [-0.15, -0.1) is 0 Å². The summed E-state index contributed by atoms with van der Waals surface area (Å²) >= 11 is 0. The van der Waals surface area contributed by atoms with E-state index in [-0.39, 0.29) is 0 Å². The maximum Gasteiger partial charge on any atom is 0.155 e. The lowest BCUT2D eigenvalue weighted by Gasteiger charge is -2.32. The molecular formula is C23H39N5. The molecule has 1 atom stereocenters. The molecule has 1 aliphatic heterocycles. The molecule has 1 aliphatic rings. The van der Waals surface area contributed by atoms with Crippen molar-refractivity contribution in [3.05, 3.63) is 24.3 Å². The molecule has 28 heavy (non-hydrogen) atoms. The Morgan fingerprint density at radius 3 is 2.61 bits per heavy atom. The van der Waals surface area contributed by atoms with Crippen molar-refractivity contribution >= 4 is 16.7 Å². The highest BCUT2D eigenvalue weighted by atomic mass is 15.3. The van der Waals surface area contributed by atoms with Crippen LogP contribution in [-0.4, -0.2) is 64.9 Å². The first kappa shape index (κ1) is 21.1. The third-order valence-electron chi connectivity index (χ3n) is 6.27. The van der Waals surface area contributed by atoms with Crippen LogP contribution in [0.4, 0.5) is 5.82 Å². The van der Waals surface area contributed by atoms with Crippen LogP contribution in [0.2, 0.25) is 0 Å². The van der Waals surface area contributed by atoms with Crippen LogP contribution in [0, 0.1) is 0 Å². The van der Waals surface area contributed by atoms with E-state index in [1.54, 1.807) is 0 Å². The number of nitrogens with zero attached hydrogens (tertiary/aromatic N) is 4. The number of fused-ring (bicyclic) bond motifs is 1. The highest BCUT2D eigenvalue weighted by Gasteiger charge is 2.17. The molecule has 156 valence electrons. The van der Waals surface area contributed by atoms with Crippen molar-refractivity contribution in [1.29, 1.82) is 0 Å². The second kappa shape index (κ2) is 10.8. The van der Waals surface area contributed by atoms with Gasteiger partial charge >= 0.3 is 0 Å². The summed E-state index contributed by atoms with van der Waals surface area (Å²) in [4.78, 5) is 5.13. The molecule has 1 unspecified atom stereocenters. The summed E-state index contributed by atoms with van der Waals surface area (Å²) in [5.74, 6) is 1.05. The van der Waals surface area contributed by atoms with Gasteiger partial charge in [0.25, 0.3) is 0 Å². The fraction of sp³-hybridized carbons (Fsp3) is 0.696. The monoisotopic (exact) mass is 385 g/mol. The van der Waals surface area contributed by atoms with Crippen molar-refractivity contribution in [3.63, 3.8) is 0 Å². The number of hydrogen-bond acceptors (Lipinski definition) is 4. The number of aryl methyl sites for hydroxylation is 1. The van der Waals surface area contributed by atoms with Crippen LogP contribution in [-0.2, 0) is 6.54 Å². The average molecular weight is 386 g/mol. The molecule has 1 aromatic heterocycles. The predicted molar refractivity (Wildman–Crippen MR) is 120 cm³/mol. The van der Waals surface area contributed by atoms with Gasteiger partial charge in [-0.05, 0) is 77.5 Å². The van der Waals surface area contributed by atoms with E-state index in [0.717, 1.165) is 45.0 Å². The molecule has 3 rings (SSSR count). The number of rotatable bonds is 11. The summed E-state index contributed by atoms with van der Waals surface area (Å²) in [7, 11) is 0. The summed E-state index contributed by atoms with van der Waals surface area (Å²) < 4.78 is 2.19. The van der Waals surface area contributed by atoms with Crippen molar-refractivity contribution in [3.8, 4) is 0 Å². The van der Waals surface area contributed by atoms with Gasteiger partial charge < -0.3 is 15.1 Å². The second-order valence-electron chi connectivity index (χ2n) is 8.13. The maximum atomic E-state index is 4.92. The minimum atomic E-state index is 0.648. The number of piperidine rings is 1. The average Bonchev–Trinajstić information content (AvgIpc) is 3.09. The van der Waals surface area contributed by atoms with Crippen molar-refractivity contribution < 1.29 is 0 Å². The molecule has 2 aromatic rings. The number of likely N-dealkylation sites (tertiary alicyclic amines) is 1. The molecule has 1 N–H and O–H groups in total. The molecule has 0 radical (unpaired) electrons. The first-order valence-corrected chi connectivity index (χ1v) is 11.4. The molecule has 0 saturated carbocycles. The van der Waals surface area contributed by atoms with E-state index in [1.165, 1.54) is 49.7 Å². The lowest BCUT2D eigenvalue weighted by molar-refractivity contribution is 0.169. The van der Waals surface area contributed by atoms with Gasteiger partial charge in [0, 0.05) is 24.5 Å². The van der Waals surface area contributed by atoms with Crippen molar-refractivity contribution in [1.82, 2.24) is 19.6 Å². The molecule has 1 fully saturated rings. The first-order valence-electron chi connectivity index (χ1n) is 11.4. The van der Waals surface area contributed by atoms with E-state index < -0.39 is 0 Å². The molecule has 2 heterocycles. The Morgan fingerprint density at radius 2 is 1.86 bits per heavy atom. The highest BCUT2D eigenvalue weighted by molar-refractivity contribution is 5.90. The van der Waals surface area contributed by atoms with E-state index in [0.29, 0.717) is 6.04 Å². The lowest BCUT2D eigenvalue weighted by atomic mass is 10.1. The third-order valence-corrected chi connectivity index (χ3v) is 6.27. The number of benzene rings is 1. The Balaban J connectivity index is 1.57. The Morgan fingerprint density at radius 1 is 1.11 bits per heavy atom. The van der Waals surface area contributed by atoms with E-state index >= 15 is 0 Å². The predicted octanol–water partition coefficient (Wildman–Crippen LogP) is 4.44. The summed E-state index contributed by atoms with van der Waals surface area (Å²) in [6.45, 7) is 14.7. The van der Waals surface area contributed by atoms with Gasteiger partial charge in [-0.2, -0.15) is 5.10 Å². The zero-order chi connectivity index (χ0) is 19.8. The quantitative estimate of drug-likeness (QED) is 0.620. The third kappa shape index (κ3) is 5.48. The molecular weight excluding hydrogens is 346 g/mol. The summed E-state index contributed by atoms with van der Waals surface area (Å²) in [6.07, 6.45) is 6.43. The topological polar surface area (TPSA) is 36.3 Å². The van der Waals surface area contributed by atoms with Crippen LogP contribution in [0.1, 0.15) is 52.9 Å². The fourth-order valence-electron chi connectivity index (χ4n) is 4.35. The fourth-order valence-corrected chi connectivity index (χ4v) is 4.35. The molecule has 5 nitrogen and oxygen atoms in total. The molecule has 0 spiro atoms. The van der Waals surface area contributed by atoms with Gasteiger partial charge in [-0.25, -0.2) is 0 Å². The summed E-state index contributed by atoms with van der Waals surface area (Å²) in [5.41, 5.74) is 1.24. The molecule has 0 aliphatic carbocycles. The number of hydrogen-bond donors (Lipinski definition) is 1. The van der Waals surface area contributed by atoms with Gasteiger partial charge in [0.1, 0.15) is 0 Å². The molecule has 5 heteroatoms. The highest BCUT2D eigenvalue weighted by Crippen LogP contribution is 2.23.